The lowest BCUT2D eigenvalue weighted by molar-refractivity contribution is 0.423. The lowest BCUT2D eigenvalue weighted by Gasteiger charge is -2.33. The second-order valence-electron chi connectivity index (χ2n) is 4.07. The van der Waals surface area contributed by atoms with E-state index < -0.39 is 0 Å². The van der Waals surface area contributed by atoms with Gasteiger partial charge in [-0.25, -0.2) is 0 Å². The van der Waals surface area contributed by atoms with Crippen LogP contribution in [0, 0.1) is 12.8 Å². The van der Waals surface area contributed by atoms with Crippen molar-refractivity contribution in [3.8, 4) is 0 Å². The summed E-state index contributed by atoms with van der Waals surface area (Å²) < 4.78 is 0. The third-order valence-electron chi connectivity index (χ3n) is 3.00. The van der Waals surface area contributed by atoms with E-state index in [-0.39, 0.29) is 0 Å². The highest BCUT2D eigenvalue weighted by atomic mass is 15.2. The van der Waals surface area contributed by atoms with E-state index in [1.807, 2.05) is 6.20 Å². The van der Waals surface area contributed by atoms with Gasteiger partial charge in [0.05, 0.1) is 17.6 Å². The number of nitrogens with one attached hydrogen (secondary N) is 1. The minimum atomic E-state index is 0.651. The van der Waals surface area contributed by atoms with Crippen molar-refractivity contribution in [1.29, 1.82) is 0 Å². The average molecular weight is 194 g/mol. The van der Waals surface area contributed by atoms with E-state index >= 15 is 0 Å². The van der Waals surface area contributed by atoms with Crippen LogP contribution in [0.1, 0.15) is 18.5 Å². The molecule has 1 aromatic rings. The van der Waals surface area contributed by atoms with Crippen LogP contribution in [0.25, 0.3) is 0 Å². The molecule has 0 aromatic carbocycles. The van der Waals surface area contributed by atoms with Gasteiger partial charge in [0.2, 0.25) is 0 Å². The average Bonchev–Trinajstić information content (AvgIpc) is 2.65. The summed E-state index contributed by atoms with van der Waals surface area (Å²) in [5.74, 6) is 0.651. The highest BCUT2D eigenvalue weighted by Crippen LogP contribution is 2.23. The number of aromatic amines is 1. The number of hydrogen-bond acceptors (Lipinski definition) is 3. The molecule has 0 aliphatic carbocycles. The summed E-state index contributed by atoms with van der Waals surface area (Å²) >= 11 is 0. The molecular formula is C10H18N4. The normalized spacial score (nSPS) is 22.7. The van der Waals surface area contributed by atoms with E-state index in [1.54, 1.807) is 0 Å². The molecule has 2 heterocycles. The Bertz CT molecular complexity index is 294. The molecule has 2 rings (SSSR count). The van der Waals surface area contributed by atoms with Crippen molar-refractivity contribution in [3.05, 3.63) is 11.9 Å². The van der Waals surface area contributed by atoms with E-state index in [2.05, 4.69) is 22.0 Å². The van der Waals surface area contributed by atoms with Crippen LogP contribution >= 0.6 is 0 Å². The molecular weight excluding hydrogens is 176 g/mol. The van der Waals surface area contributed by atoms with E-state index in [1.165, 1.54) is 18.5 Å². The molecule has 0 saturated carbocycles. The van der Waals surface area contributed by atoms with Crippen LogP contribution in [0.15, 0.2) is 6.20 Å². The summed E-state index contributed by atoms with van der Waals surface area (Å²) in [7, 11) is 0. The number of nitrogens with two attached hydrogens (primary N) is 1. The van der Waals surface area contributed by atoms with Crippen LogP contribution in [0.4, 0.5) is 5.69 Å². The van der Waals surface area contributed by atoms with Gasteiger partial charge >= 0.3 is 0 Å². The molecule has 78 valence electrons. The van der Waals surface area contributed by atoms with Crippen molar-refractivity contribution in [2.75, 3.05) is 24.5 Å². The molecule has 1 aromatic heterocycles. The molecule has 1 saturated heterocycles. The molecule has 0 radical (unpaired) electrons. The summed E-state index contributed by atoms with van der Waals surface area (Å²) in [5.41, 5.74) is 8.10. The number of piperidine rings is 1. The standard InChI is InChI=1S/C10H18N4/c1-8-10(6-12-13-8)14-4-2-3-9(5-11)7-14/h6,9H,2-5,7,11H2,1H3,(H,12,13). The van der Waals surface area contributed by atoms with Crippen molar-refractivity contribution in [2.45, 2.75) is 19.8 Å². The fourth-order valence-corrected chi connectivity index (χ4v) is 2.14. The first-order valence-electron chi connectivity index (χ1n) is 5.26. The quantitative estimate of drug-likeness (QED) is 0.735. The molecule has 0 bridgehead atoms. The van der Waals surface area contributed by atoms with Gasteiger partial charge in [-0.2, -0.15) is 5.10 Å². The van der Waals surface area contributed by atoms with Gasteiger partial charge in [0.25, 0.3) is 0 Å². The Morgan fingerprint density at radius 2 is 2.57 bits per heavy atom. The SMILES string of the molecule is Cc1[nH]ncc1N1CCCC(CN)C1. The Morgan fingerprint density at radius 3 is 3.21 bits per heavy atom. The van der Waals surface area contributed by atoms with Crippen LogP contribution in [0.5, 0.6) is 0 Å². The van der Waals surface area contributed by atoms with Gasteiger partial charge in [-0.05, 0) is 32.2 Å². The monoisotopic (exact) mass is 194 g/mol. The lowest BCUT2D eigenvalue weighted by atomic mass is 9.98. The molecule has 1 aliphatic heterocycles. The highest BCUT2D eigenvalue weighted by molar-refractivity contribution is 5.48. The number of aryl methyl sites for hydroxylation is 1. The molecule has 1 unspecified atom stereocenters. The molecule has 3 N–H and O–H groups in total. The minimum absolute atomic E-state index is 0.651. The Kier molecular flexibility index (Phi) is 2.72. The zero-order chi connectivity index (χ0) is 9.97. The second kappa shape index (κ2) is 4.00. The van der Waals surface area contributed by atoms with Crippen LogP contribution in [0.3, 0.4) is 0 Å². The van der Waals surface area contributed by atoms with Gasteiger partial charge in [0, 0.05) is 13.1 Å². The van der Waals surface area contributed by atoms with Gasteiger partial charge in [0.15, 0.2) is 0 Å². The zero-order valence-corrected chi connectivity index (χ0v) is 8.66. The molecule has 1 aliphatic rings. The predicted molar refractivity (Wildman–Crippen MR) is 57.3 cm³/mol. The first kappa shape index (κ1) is 9.52. The Hall–Kier alpha value is -1.03. The smallest absolute Gasteiger partial charge is 0.0779 e. The number of rotatable bonds is 2. The topological polar surface area (TPSA) is 57.9 Å². The van der Waals surface area contributed by atoms with Gasteiger partial charge in [0.1, 0.15) is 0 Å². The Labute approximate surface area is 84.5 Å². The van der Waals surface area contributed by atoms with Crippen molar-refractivity contribution in [2.24, 2.45) is 11.7 Å². The Morgan fingerprint density at radius 1 is 1.71 bits per heavy atom. The van der Waals surface area contributed by atoms with Crippen LogP contribution < -0.4 is 10.6 Å². The summed E-state index contributed by atoms with van der Waals surface area (Å²) in [6, 6.07) is 0. The maximum atomic E-state index is 5.71. The largest absolute Gasteiger partial charge is 0.368 e. The number of nitrogens with zero attached hydrogens (tertiary/aromatic N) is 2. The minimum Gasteiger partial charge on any atom is -0.368 e. The second-order valence-corrected chi connectivity index (χ2v) is 4.07. The molecule has 1 fully saturated rings. The van der Waals surface area contributed by atoms with Gasteiger partial charge < -0.3 is 10.6 Å². The zero-order valence-electron chi connectivity index (χ0n) is 8.66. The molecule has 0 amide bonds. The first-order chi connectivity index (χ1) is 6.81. The predicted octanol–water partition coefficient (Wildman–Crippen LogP) is 0.893. The van der Waals surface area contributed by atoms with Crippen LogP contribution in [-0.4, -0.2) is 29.8 Å². The number of H-pyrrole nitrogens is 1. The first-order valence-corrected chi connectivity index (χ1v) is 5.26. The third-order valence-corrected chi connectivity index (χ3v) is 3.00. The summed E-state index contributed by atoms with van der Waals surface area (Å²) in [6.45, 7) is 5.08. The van der Waals surface area contributed by atoms with Crippen molar-refractivity contribution in [3.63, 3.8) is 0 Å². The third kappa shape index (κ3) is 1.75. The van der Waals surface area contributed by atoms with E-state index in [0.717, 1.165) is 25.3 Å². The van der Waals surface area contributed by atoms with E-state index in [4.69, 9.17) is 5.73 Å². The van der Waals surface area contributed by atoms with Crippen molar-refractivity contribution in [1.82, 2.24) is 10.2 Å². The van der Waals surface area contributed by atoms with Gasteiger partial charge in [-0.3, -0.25) is 5.10 Å². The van der Waals surface area contributed by atoms with Crippen molar-refractivity contribution < 1.29 is 0 Å². The van der Waals surface area contributed by atoms with Crippen LogP contribution in [-0.2, 0) is 0 Å². The highest BCUT2D eigenvalue weighted by Gasteiger charge is 2.20. The summed E-state index contributed by atoms with van der Waals surface area (Å²) in [4.78, 5) is 2.39. The molecule has 0 spiro atoms. The maximum Gasteiger partial charge on any atom is 0.0779 e. The van der Waals surface area contributed by atoms with Crippen molar-refractivity contribution >= 4 is 5.69 Å². The Balaban J connectivity index is 2.08. The number of anilines is 1. The van der Waals surface area contributed by atoms with Crippen LogP contribution in [0.2, 0.25) is 0 Å². The number of hydrogen-bond donors (Lipinski definition) is 2. The fourth-order valence-electron chi connectivity index (χ4n) is 2.14. The molecule has 14 heavy (non-hydrogen) atoms. The lowest BCUT2D eigenvalue weighted by Crippen LogP contribution is -2.38. The molecule has 1 atom stereocenters. The van der Waals surface area contributed by atoms with Gasteiger partial charge in [-0.1, -0.05) is 0 Å². The number of aromatic nitrogens is 2. The van der Waals surface area contributed by atoms with Gasteiger partial charge in [-0.15, -0.1) is 0 Å². The fraction of sp³-hybridized carbons (Fsp3) is 0.700. The summed E-state index contributed by atoms with van der Waals surface area (Å²) in [5, 5.41) is 7.03. The summed E-state index contributed by atoms with van der Waals surface area (Å²) in [6.07, 6.45) is 4.42. The van der Waals surface area contributed by atoms with E-state index in [9.17, 15) is 0 Å². The molecule has 4 heteroatoms. The van der Waals surface area contributed by atoms with E-state index in [0.29, 0.717) is 5.92 Å². The maximum absolute atomic E-state index is 5.71. The molecule has 4 nitrogen and oxygen atoms in total.